The molecule has 0 spiro atoms. The summed E-state index contributed by atoms with van der Waals surface area (Å²) >= 11 is 2.10. The van der Waals surface area contributed by atoms with Gasteiger partial charge in [0.1, 0.15) is 0 Å². The number of nitrogens with zero attached hydrogens (tertiary/aromatic N) is 3. The van der Waals surface area contributed by atoms with Crippen molar-refractivity contribution in [2.75, 3.05) is 25.4 Å². The van der Waals surface area contributed by atoms with Crippen LogP contribution in [0.5, 0.6) is 0 Å². The lowest BCUT2D eigenvalue weighted by atomic mass is 10.1. The molecule has 1 aromatic heterocycles. The minimum Gasteiger partial charge on any atom is -0.329 e. The van der Waals surface area contributed by atoms with Gasteiger partial charge in [-0.3, -0.25) is 9.58 Å². The number of aryl methyl sites for hydroxylation is 1. The predicted octanol–water partition coefficient (Wildman–Crippen LogP) is 2.12. The van der Waals surface area contributed by atoms with Crippen molar-refractivity contribution in [2.45, 2.75) is 44.5 Å². The molecule has 2 unspecified atom stereocenters. The molecule has 0 saturated carbocycles. The van der Waals surface area contributed by atoms with Crippen LogP contribution >= 0.6 is 11.8 Å². The summed E-state index contributed by atoms with van der Waals surface area (Å²) in [7, 11) is 0. The Hall–Kier alpha value is -0.520. The van der Waals surface area contributed by atoms with Crippen molar-refractivity contribution >= 4 is 11.8 Å². The van der Waals surface area contributed by atoms with Gasteiger partial charge < -0.3 is 5.73 Å². The van der Waals surface area contributed by atoms with Gasteiger partial charge in [-0.25, -0.2) is 0 Å². The fraction of sp³-hybridized carbons (Fsp3) is 0.786. The lowest BCUT2D eigenvalue weighted by Crippen LogP contribution is -2.42. The van der Waals surface area contributed by atoms with Crippen LogP contribution in [0.4, 0.5) is 0 Å². The van der Waals surface area contributed by atoms with Crippen molar-refractivity contribution in [1.29, 1.82) is 0 Å². The number of aromatic nitrogens is 2. The molecule has 2 N–H and O–H groups in total. The monoisotopic (exact) mass is 282 g/mol. The number of thioether (sulfide) groups is 1. The van der Waals surface area contributed by atoms with E-state index >= 15 is 0 Å². The Bertz CT molecular complexity index is 379. The first-order chi connectivity index (χ1) is 9.28. The van der Waals surface area contributed by atoms with Crippen molar-refractivity contribution in [1.82, 2.24) is 14.7 Å². The molecule has 108 valence electrons. The third-order valence-electron chi connectivity index (χ3n) is 3.78. The second-order valence-electron chi connectivity index (χ2n) is 5.18. The average Bonchev–Trinajstić information content (AvgIpc) is 2.89. The highest BCUT2D eigenvalue weighted by Crippen LogP contribution is 2.28. The Kier molecular flexibility index (Phi) is 5.73. The number of rotatable bonds is 6. The van der Waals surface area contributed by atoms with E-state index in [9.17, 15) is 0 Å². The summed E-state index contributed by atoms with van der Waals surface area (Å²) in [6, 6.07) is 0.334. The summed E-state index contributed by atoms with van der Waals surface area (Å²) in [4.78, 5) is 2.54. The normalized spacial score (nSPS) is 22.6. The molecule has 19 heavy (non-hydrogen) atoms. The van der Waals surface area contributed by atoms with Gasteiger partial charge in [0.15, 0.2) is 0 Å². The van der Waals surface area contributed by atoms with Gasteiger partial charge in [0.25, 0.3) is 0 Å². The van der Waals surface area contributed by atoms with Gasteiger partial charge in [0.2, 0.25) is 0 Å². The van der Waals surface area contributed by atoms with Crippen LogP contribution in [0, 0.1) is 0 Å². The SMILES string of the molecule is CCCn1cc(C(CN)N2CCSC(CC)C2)cn1. The molecule has 1 aliphatic rings. The molecule has 1 aromatic rings. The standard InChI is InChI=1S/C14H26N4S/c1-3-5-18-10-12(9-16-18)14(8-15)17-6-7-19-13(4-2)11-17/h9-10,13-14H,3-8,11,15H2,1-2H3. The van der Waals surface area contributed by atoms with E-state index in [2.05, 4.69) is 41.8 Å². The number of hydrogen-bond donors (Lipinski definition) is 1. The largest absolute Gasteiger partial charge is 0.329 e. The number of hydrogen-bond acceptors (Lipinski definition) is 4. The van der Waals surface area contributed by atoms with E-state index < -0.39 is 0 Å². The zero-order chi connectivity index (χ0) is 13.7. The molecule has 1 aliphatic heterocycles. The predicted molar refractivity (Wildman–Crippen MR) is 82.4 cm³/mol. The molecule has 5 heteroatoms. The first kappa shape index (κ1) is 14.9. The average molecular weight is 282 g/mol. The van der Waals surface area contributed by atoms with E-state index in [4.69, 9.17) is 5.73 Å². The minimum atomic E-state index is 0.334. The maximum absolute atomic E-state index is 6.02. The van der Waals surface area contributed by atoms with Crippen LogP contribution in [-0.2, 0) is 6.54 Å². The molecule has 2 heterocycles. The molecular weight excluding hydrogens is 256 g/mol. The van der Waals surface area contributed by atoms with Gasteiger partial charge in [0.05, 0.1) is 12.2 Å². The lowest BCUT2D eigenvalue weighted by molar-refractivity contribution is 0.207. The molecule has 1 saturated heterocycles. The van der Waals surface area contributed by atoms with E-state index in [0.29, 0.717) is 12.6 Å². The molecule has 0 bridgehead atoms. The molecule has 1 fully saturated rings. The third kappa shape index (κ3) is 3.74. The van der Waals surface area contributed by atoms with Crippen molar-refractivity contribution in [2.24, 2.45) is 5.73 Å². The van der Waals surface area contributed by atoms with E-state index in [-0.39, 0.29) is 0 Å². The fourth-order valence-electron chi connectivity index (χ4n) is 2.67. The summed E-state index contributed by atoms with van der Waals surface area (Å²) in [5, 5.41) is 5.20. The lowest BCUT2D eigenvalue weighted by Gasteiger charge is -2.37. The van der Waals surface area contributed by atoms with Crippen LogP contribution in [-0.4, -0.2) is 45.3 Å². The Morgan fingerprint density at radius 3 is 3.05 bits per heavy atom. The van der Waals surface area contributed by atoms with E-state index in [1.807, 2.05) is 10.9 Å². The summed E-state index contributed by atoms with van der Waals surface area (Å²) in [5.41, 5.74) is 7.30. The highest BCUT2D eigenvalue weighted by atomic mass is 32.2. The zero-order valence-corrected chi connectivity index (χ0v) is 12.9. The molecule has 0 aliphatic carbocycles. The molecule has 0 radical (unpaired) electrons. The van der Waals surface area contributed by atoms with Crippen LogP contribution in [0.3, 0.4) is 0 Å². The van der Waals surface area contributed by atoms with Gasteiger partial charge in [0, 0.05) is 48.9 Å². The Balaban J connectivity index is 2.05. The van der Waals surface area contributed by atoms with Crippen LogP contribution in [0.25, 0.3) is 0 Å². The zero-order valence-electron chi connectivity index (χ0n) is 12.1. The van der Waals surface area contributed by atoms with E-state index in [1.54, 1.807) is 0 Å². The Morgan fingerprint density at radius 2 is 2.37 bits per heavy atom. The van der Waals surface area contributed by atoms with Crippen LogP contribution < -0.4 is 5.73 Å². The second-order valence-corrected chi connectivity index (χ2v) is 6.59. The van der Waals surface area contributed by atoms with Gasteiger partial charge >= 0.3 is 0 Å². The molecule has 0 amide bonds. The smallest absolute Gasteiger partial charge is 0.0538 e. The molecule has 4 nitrogen and oxygen atoms in total. The maximum atomic E-state index is 6.02. The molecule has 0 aromatic carbocycles. The van der Waals surface area contributed by atoms with Gasteiger partial charge in [-0.2, -0.15) is 16.9 Å². The summed E-state index contributed by atoms with van der Waals surface area (Å²) < 4.78 is 2.04. The van der Waals surface area contributed by atoms with Gasteiger partial charge in [-0.05, 0) is 12.8 Å². The van der Waals surface area contributed by atoms with Crippen LogP contribution in [0.15, 0.2) is 12.4 Å². The van der Waals surface area contributed by atoms with Gasteiger partial charge in [-0.15, -0.1) is 0 Å². The Morgan fingerprint density at radius 1 is 1.53 bits per heavy atom. The highest BCUT2D eigenvalue weighted by Gasteiger charge is 2.26. The van der Waals surface area contributed by atoms with Crippen molar-refractivity contribution in [3.05, 3.63) is 18.0 Å². The van der Waals surface area contributed by atoms with Gasteiger partial charge in [-0.1, -0.05) is 13.8 Å². The van der Waals surface area contributed by atoms with E-state index in [0.717, 1.165) is 31.3 Å². The Labute approximate surface area is 120 Å². The highest BCUT2D eigenvalue weighted by molar-refractivity contribution is 8.00. The first-order valence-electron chi connectivity index (χ1n) is 7.36. The van der Waals surface area contributed by atoms with Crippen LogP contribution in [0.2, 0.25) is 0 Å². The molecule has 2 atom stereocenters. The first-order valence-corrected chi connectivity index (χ1v) is 8.41. The minimum absolute atomic E-state index is 0.334. The number of nitrogens with two attached hydrogens (primary N) is 1. The summed E-state index contributed by atoms with van der Waals surface area (Å²) in [6.45, 7) is 8.42. The molecular formula is C14H26N4S. The second kappa shape index (κ2) is 7.31. The quantitative estimate of drug-likeness (QED) is 0.868. The third-order valence-corrected chi connectivity index (χ3v) is 5.15. The van der Waals surface area contributed by atoms with Crippen molar-refractivity contribution in [3.8, 4) is 0 Å². The summed E-state index contributed by atoms with van der Waals surface area (Å²) in [6.07, 6.45) is 6.53. The molecule has 2 rings (SSSR count). The van der Waals surface area contributed by atoms with Crippen LogP contribution in [0.1, 0.15) is 38.3 Å². The maximum Gasteiger partial charge on any atom is 0.0538 e. The fourth-order valence-corrected chi connectivity index (χ4v) is 3.88. The summed E-state index contributed by atoms with van der Waals surface area (Å²) in [5.74, 6) is 1.22. The van der Waals surface area contributed by atoms with E-state index in [1.165, 1.54) is 17.7 Å². The van der Waals surface area contributed by atoms with Crippen molar-refractivity contribution < 1.29 is 0 Å². The van der Waals surface area contributed by atoms with Crippen molar-refractivity contribution in [3.63, 3.8) is 0 Å². The topological polar surface area (TPSA) is 47.1 Å².